The molecule has 9 heteroatoms. The molecule has 4 aromatic rings. The summed E-state index contributed by atoms with van der Waals surface area (Å²) in [7, 11) is 0. The molecular formula is C23H21BrClN5O2. The van der Waals surface area contributed by atoms with E-state index in [2.05, 4.69) is 36.6 Å². The van der Waals surface area contributed by atoms with Crippen LogP contribution in [0.3, 0.4) is 0 Å². The third-order valence-corrected chi connectivity index (χ3v) is 5.56. The first-order chi connectivity index (χ1) is 15.6. The van der Waals surface area contributed by atoms with Crippen molar-refractivity contribution in [2.45, 2.75) is 6.42 Å². The van der Waals surface area contributed by atoms with Crippen LogP contribution in [0.5, 0.6) is 5.75 Å². The number of benzene rings is 2. The maximum atomic E-state index is 12.1. The van der Waals surface area contributed by atoms with E-state index in [-0.39, 0.29) is 12.3 Å². The van der Waals surface area contributed by atoms with Crippen molar-refractivity contribution in [3.05, 3.63) is 76.4 Å². The van der Waals surface area contributed by atoms with Crippen LogP contribution < -0.4 is 15.4 Å². The van der Waals surface area contributed by atoms with Gasteiger partial charge in [-0.15, -0.1) is 0 Å². The summed E-state index contributed by atoms with van der Waals surface area (Å²) in [4.78, 5) is 16.8. The number of ether oxygens (including phenoxy) is 1. The molecule has 32 heavy (non-hydrogen) atoms. The van der Waals surface area contributed by atoms with Gasteiger partial charge in [-0.05, 0) is 34.1 Å². The van der Waals surface area contributed by atoms with Gasteiger partial charge in [-0.1, -0.05) is 48.0 Å². The zero-order valence-corrected chi connectivity index (χ0v) is 19.4. The molecule has 0 saturated carbocycles. The zero-order valence-electron chi connectivity index (χ0n) is 17.1. The fraction of sp³-hybridized carbons (Fsp3) is 0.174. The van der Waals surface area contributed by atoms with Crippen molar-refractivity contribution in [3.8, 4) is 17.0 Å². The van der Waals surface area contributed by atoms with Crippen molar-refractivity contribution in [3.63, 3.8) is 0 Å². The smallest absolute Gasteiger partial charge is 0.223 e. The lowest BCUT2D eigenvalue weighted by Crippen LogP contribution is -2.30. The van der Waals surface area contributed by atoms with Gasteiger partial charge in [0.1, 0.15) is 11.6 Å². The molecule has 7 nitrogen and oxygen atoms in total. The van der Waals surface area contributed by atoms with E-state index in [1.807, 2.05) is 60.7 Å². The van der Waals surface area contributed by atoms with Gasteiger partial charge in [-0.25, -0.2) is 4.98 Å². The Bertz CT molecular complexity index is 1220. The van der Waals surface area contributed by atoms with E-state index >= 15 is 0 Å². The highest BCUT2D eigenvalue weighted by molar-refractivity contribution is 9.10. The molecule has 0 aliphatic carbocycles. The van der Waals surface area contributed by atoms with Gasteiger partial charge < -0.3 is 15.4 Å². The van der Waals surface area contributed by atoms with E-state index in [1.165, 1.54) is 0 Å². The first-order valence-corrected chi connectivity index (χ1v) is 11.3. The highest BCUT2D eigenvalue weighted by Gasteiger charge is 2.13. The number of hydrogen-bond acceptors (Lipinski definition) is 5. The number of carbonyl (C=O) groups is 1. The number of anilines is 1. The number of aromatic nitrogens is 3. The summed E-state index contributed by atoms with van der Waals surface area (Å²) in [5, 5.41) is 11.2. The third kappa shape index (κ3) is 5.38. The number of nitrogens with one attached hydrogen (secondary N) is 2. The number of amides is 1. The largest absolute Gasteiger partial charge is 0.493 e. The molecular weight excluding hydrogens is 494 g/mol. The summed E-state index contributed by atoms with van der Waals surface area (Å²) in [5.74, 6) is 1.43. The zero-order chi connectivity index (χ0) is 22.3. The monoisotopic (exact) mass is 513 g/mol. The van der Waals surface area contributed by atoms with Gasteiger partial charge in [0.15, 0.2) is 5.65 Å². The number of rotatable bonds is 9. The molecule has 2 aromatic heterocycles. The van der Waals surface area contributed by atoms with Gasteiger partial charge in [0.05, 0.1) is 29.4 Å². The van der Waals surface area contributed by atoms with Crippen LogP contribution in [0.1, 0.15) is 6.42 Å². The molecule has 2 heterocycles. The second kappa shape index (κ2) is 10.5. The van der Waals surface area contributed by atoms with Crippen LogP contribution in [0.25, 0.3) is 16.9 Å². The SMILES string of the molecule is O=C(CCOc1ccccc1)NCCNc1cc(-c2ccccc2Cl)nc2c(Br)cnn12. The summed E-state index contributed by atoms with van der Waals surface area (Å²) < 4.78 is 8.04. The van der Waals surface area contributed by atoms with Crippen molar-refractivity contribution in [1.29, 1.82) is 0 Å². The quantitative estimate of drug-likeness (QED) is 0.313. The second-order valence-corrected chi connectivity index (χ2v) is 8.18. The number of carbonyl (C=O) groups excluding carboxylic acids is 1. The minimum atomic E-state index is -0.0683. The minimum absolute atomic E-state index is 0.0683. The highest BCUT2D eigenvalue weighted by Crippen LogP contribution is 2.30. The lowest BCUT2D eigenvalue weighted by Gasteiger charge is -2.12. The summed E-state index contributed by atoms with van der Waals surface area (Å²) in [6.07, 6.45) is 1.98. The van der Waals surface area contributed by atoms with Crippen molar-refractivity contribution in [2.24, 2.45) is 0 Å². The van der Waals surface area contributed by atoms with Crippen LogP contribution >= 0.6 is 27.5 Å². The van der Waals surface area contributed by atoms with E-state index in [0.29, 0.717) is 30.4 Å². The van der Waals surface area contributed by atoms with Gasteiger partial charge in [0.25, 0.3) is 0 Å². The molecule has 0 atom stereocenters. The van der Waals surface area contributed by atoms with Gasteiger partial charge in [-0.3, -0.25) is 4.79 Å². The standard InChI is InChI=1S/C23H21BrClN5O2/c24-18-15-28-30-21(14-20(29-23(18)30)17-8-4-5-9-19(17)25)26-11-12-27-22(31)10-13-32-16-6-2-1-3-7-16/h1-9,14-15,26H,10-13H2,(H,27,31). The Balaban J connectivity index is 1.35. The van der Waals surface area contributed by atoms with Crippen molar-refractivity contribution in [2.75, 3.05) is 25.0 Å². The summed E-state index contributed by atoms with van der Waals surface area (Å²) in [5.41, 5.74) is 2.24. The van der Waals surface area contributed by atoms with Crippen LogP contribution in [0, 0.1) is 0 Å². The van der Waals surface area contributed by atoms with Crippen molar-refractivity contribution >= 4 is 44.9 Å². The fourth-order valence-electron chi connectivity index (χ4n) is 3.13. The maximum Gasteiger partial charge on any atom is 0.223 e. The topological polar surface area (TPSA) is 80.5 Å². The maximum absolute atomic E-state index is 12.1. The third-order valence-electron chi connectivity index (χ3n) is 4.67. The number of nitrogens with zero attached hydrogens (tertiary/aromatic N) is 3. The molecule has 0 saturated heterocycles. The van der Waals surface area contributed by atoms with E-state index in [1.54, 1.807) is 10.7 Å². The summed E-state index contributed by atoms with van der Waals surface area (Å²) in [6, 6.07) is 18.9. The molecule has 0 spiro atoms. The molecule has 0 bridgehead atoms. The second-order valence-electron chi connectivity index (χ2n) is 6.92. The number of hydrogen-bond donors (Lipinski definition) is 2. The van der Waals surface area contributed by atoms with E-state index in [9.17, 15) is 4.79 Å². The number of para-hydroxylation sites is 1. The first-order valence-electron chi connectivity index (χ1n) is 10.1. The van der Waals surface area contributed by atoms with Crippen LogP contribution in [-0.2, 0) is 4.79 Å². The molecule has 0 radical (unpaired) electrons. The average molecular weight is 515 g/mol. The highest BCUT2D eigenvalue weighted by atomic mass is 79.9. The first kappa shape index (κ1) is 22.1. The number of fused-ring (bicyclic) bond motifs is 1. The van der Waals surface area contributed by atoms with E-state index < -0.39 is 0 Å². The lowest BCUT2D eigenvalue weighted by molar-refractivity contribution is -0.121. The van der Waals surface area contributed by atoms with Crippen LogP contribution in [0.2, 0.25) is 5.02 Å². The lowest BCUT2D eigenvalue weighted by atomic mass is 10.1. The Kier molecular flexibility index (Phi) is 7.24. The molecule has 2 aromatic carbocycles. The Labute approximate surface area is 198 Å². The minimum Gasteiger partial charge on any atom is -0.493 e. The van der Waals surface area contributed by atoms with Crippen LogP contribution in [0.15, 0.2) is 71.3 Å². The average Bonchev–Trinajstić information content (AvgIpc) is 3.18. The molecule has 0 aliphatic rings. The normalized spacial score (nSPS) is 10.8. The molecule has 0 fully saturated rings. The number of halogens is 2. The Morgan fingerprint density at radius 2 is 1.88 bits per heavy atom. The predicted octanol–water partition coefficient (Wildman–Crippen LogP) is 4.81. The van der Waals surface area contributed by atoms with Crippen molar-refractivity contribution < 1.29 is 9.53 Å². The van der Waals surface area contributed by atoms with Gasteiger partial charge in [-0.2, -0.15) is 9.61 Å². The summed E-state index contributed by atoms with van der Waals surface area (Å²) >= 11 is 9.86. The molecule has 0 aliphatic heterocycles. The van der Waals surface area contributed by atoms with Gasteiger partial charge >= 0.3 is 0 Å². The fourth-order valence-corrected chi connectivity index (χ4v) is 3.71. The Hall–Kier alpha value is -3.10. The van der Waals surface area contributed by atoms with Crippen LogP contribution in [-0.4, -0.2) is 40.2 Å². The van der Waals surface area contributed by atoms with E-state index in [4.69, 9.17) is 16.3 Å². The van der Waals surface area contributed by atoms with Crippen LogP contribution in [0.4, 0.5) is 5.82 Å². The Morgan fingerprint density at radius 3 is 2.69 bits per heavy atom. The molecule has 4 rings (SSSR count). The molecule has 0 unspecified atom stereocenters. The summed E-state index contributed by atoms with van der Waals surface area (Å²) in [6.45, 7) is 1.30. The Morgan fingerprint density at radius 1 is 1.09 bits per heavy atom. The van der Waals surface area contributed by atoms with E-state index in [0.717, 1.165) is 27.3 Å². The molecule has 2 N–H and O–H groups in total. The van der Waals surface area contributed by atoms with Crippen molar-refractivity contribution in [1.82, 2.24) is 19.9 Å². The van der Waals surface area contributed by atoms with Gasteiger partial charge in [0, 0.05) is 29.7 Å². The molecule has 164 valence electrons. The van der Waals surface area contributed by atoms with Gasteiger partial charge in [0.2, 0.25) is 5.91 Å². The molecule has 1 amide bonds. The predicted molar refractivity (Wildman–Crippen MR) is 129 cm³/mol.